The third-order valence-corrected chi connectivity index (χ3v) is 4.04. The highest BCUT2D eigenvalue weighted by Crippen LogP contribution is 2.26. The molecule has 0 bridgehead atoms. The number of anilines is 1. The standard InChI is InChI=1S/C14H21N2.ClH/c1-2-9-16(8-1)14-6-10-15(11-7-14)12-13-4-3-5-13;/h6-7,10-11,13H,1-5,8-9,12H2;1H/q+1;. The lowest BCUT2D eigenvalue weighted by Gasteiger charge is -2.22. The van der Waals surface area contributed by atoms with Gasteiger partial charge in [-0.25, -0.2) is 4.57 Å². The van der Waals surface area contributed by atoms with E-state index >= 15 is 0 Å². The lowest BCUT2D eigenvalue weighted by molar-refractivity contribution is -0.704. The van der Waals surface area contributed by atoms with Crippen LogP contribution in [0.2, 0.25) is 0 Å². The topological polar surface area (TPSA) is 7.12 Å². The molecule has 2 nitrogen and oxygen atoms in total. The lowest BCUT2D eigenvalue weighted by atomic mass is 9.85. The van der Waals surface area contributed by atoms with Crippen LogP contribution in [0.4, 0.5) is 5.69 Å². The Kier molecular flexibility index (Phi) is 4.27. The molecular formula is C14H22ClN2+. The molecule has 17 heavy (non-hydrogen) atoms. The maximum Gasteiger partial charge on any atom is 0.170 e. The summed E-state index contributed by atoms with van der Waals surface area (Å²) >= 11 is 0. The minimum Gasteiger partial charge on any atom is -0.371 e. The highest BCUT2D eigenvalue weighted by Gasteiger charge is 2.21. The van der Waals surface area contributed by atoms with Gasteiger partial charge in [-0.3, -0.25) is 0 Å². The lowest BCUT2D eigenvalue weighted by Crippen LogP contribution is -2.39. The van der Waals surface area contributed by atoms with E-state index in [9.17, 15) is 0 Å². The van der Waals surface area contributed by atoms with Gasteiger partial charge in [0.2, 0.25) is 0 Å². The monoisotopic (exact) mass is 253 g/mol. The van der Waals surface area contributed by atoms with Crippen molar-refractivity contribution in [2.75, 3.05) is 18.0 Å². The summed E-state index contributed by atoms with van der Waals surface area (Å²) < 4.78 is 2.35. The van der Waals surface area contributed by atoms with Gasteiger partial charge in [-0.1, -0.05) is 6.42 Å². The van der Waals surface area contributed by atoms with Crippen LogP contribution in [-0.2, 0) is 6.54 Å². The van der Waals surface area contributed by atoms with E-state index in [0.29, 0.717) is 0 Å². The summed E-state index contributed by atoms with van der Waals surface area (Å²) in [6.07, 6.45) is 11.5. The number of rotatable bonds is 3. The molecule has 0 N–H and O–H groups in total. The molecule has 0 radical (unpaired) electrons. The zero-order chi connectivity index (χ0) is 10.8. The summed E-state index contributed by atoms with van der Waals surface area (Å²) in [6.45, 7) is 3.71. The van der Waals surface area contributed by atoms with Gasteiger partial charge < -0.3 is 4.90 Å². The van der Waals surface area contributed by atoms with Crippen molar-refractivity contribution in [2.45, 2.75) is 38.6 Å². The van der Waals surface area contributed by atoms with Gasteiger partial charge >= 0.3 is 0 Å². The average Bonchev–Trinajstić information content (AvgIpc) is 2.78. The van der Waals surface area contributed by atoms with Crippen LogP contribution in [0.1, 0.15) is 32.1 Å². The van der Waals surface area contributed by atoms with Gasteiger partial charge in [0.25, 0.3) is 0 Å². The Labute approximate surface area is 110 Å². The van der Waals surface area contributed by atoms with Gasteiger partial charge in [0.15, 0.2) is 18.9 Å². The van der Waals surface area contributed by atoms with E-state index in [0.717, 1.165) is 5.92 Å². The first kappa shape index (κ1) is 12.7. The van der Waals surface area contributed by atoms with Crippen molar-refractivity contribution >= 4 is 18.1 Å². The molecule has 1 aromatic rings. The van der Waals surface area contributed by atoms with Gasteiger partial charge in [-0.15, -0.1) is 12.4 Å². The summed E-state index contributed by atoms with van der Waals surface area (Å²) in [4.78, 5) is 2.49. The Morgan fingerprint density at radius 1 is 1.06 bits per heavy atom. The number of hydrogen-bond acceptors (Lipinski definition) is 1. The largest absolute Gasteiger partial charge is 0.371 e. The number of pyridine rings is 1. The van der Waals surface area contributed by atoms with E-state index in [1.165, 1.54) is 57.4 Å². The van der Waals surface area contributed by atoms with Crippen LogP contribution >= 0.6 is 12.4 Å². The molecule has 1 saturated carbocycles. The fourth-order valence-electron chi connectivity index (χ4n) is 2.73. The van der Waals surface area contributed by atoms with E-state index in [2.05, 4.69) is 34.0 Å². The van der Waals surface area contributed by atoms with Gasteiger partial charge in [0, 0.05) is 36.8 Å². The van der Waals surface area contributed by atoms with Gasteiger partial charge in [-0.05, 0) is 25.7 Å². The molecule has 0 spiro atoms. The Hall–Kier alpha value is -0.760. The summed E-state index contributed by atoms with van der Waals surface area (Å²) in [7, 11) is 0. The van der Waals surface area contributed by atoms with Crippen molar-refractivity contribution < 1.29 is 4.57 Å². The van der Waals surface area contributed by atoms with E-state index in [1.807, 2.05) is 0 Å². The Bertz CT molecular complexity index is 340. The van der Waals surface area contributed by atoms with E-state index < -0.39 is 0 Å². The van der Waals surface area contributed by atoms with Crippen molar-refractivity contribution in [2.24, 2.45) is 5.92 Å². The van der Waals surface area contributed by atoms with E-state index in [-0.39, 0.29) is 12.4 Å². The predicted molar refractivity (Wildman–Crippen MR) is 72.7 cm³/mol. The highest BCUT2D eigenvalue weighted by atomic mass is 35.5. The van der Waals surface area contributed by atoms with Crippen LogP contribution < -0.4 is 9.47 Å². The fourth-order valence-corrected chi connectivity index (χ4v) is 2.73. The molecule has 94 valence electrons. The van der Waals surface area contributed by atoms with Crippen molar-refractivity contribution in [3.05, 3.63) is 24.5 Å². The Morgan fingerprint density at radius 3 is 2.24 bits per heavy atom. The van der Waals surface area contributed by atoms with Gasteiger partial charge in [-0.2, -0.15) is 0 Å². The zero-order valence-electron chi connectivity index (χ0n) is 10.3. The molecule has 0 atom stereocenters. The number of nitrogens with zero attached hydrogens (tertiary/aromatic N) is 2. The molecule has 0 amide bonds. The van der Waals surface area contributed by atoms with E-state index in [1.54, 1.807) is 0 Å². The summed E-state index contributed by atoms with van der Waals surface area (Å²) in [5, 5.41) is 0. The van der Waals surface area contributed by atoms with Crippen LogP contribution in [0.25, 0.3) is 0 Å². The first-order chi connectivity index (χ1) is 7.92. The predicted octanol–water partition coefficient (Wildman–Crippen LogP) is 2.80. The summed E-state index contributed by atoms with van der Waals surface area (Å²) in [5.41, 5.74) is 1.40. The highest BCUT2D eigenvalue weighted by molar-refractivity contribution is 5.85. The second kappa shape index (κ2) is 5.72. The normalized spacial score (nSPS) is 19.9. The SMILES string of the molecule is Cl.c1c[n+](CC2CCC2)ccc1N1CCCC1. The van der Waals surface area contributed by atoms with Crippen molar-refractivity contribution in [3.8, 4) is 0 Å². The third-order valence-electron chi connectivity index (χ3n) is 4.04. The Morgan fingerprint density at radius 2 is 1.71 bits per heavy atom. The van der Waals surface area contributed by atoms with Crippen LogP contribution in [-0.4, -0.2) is 13.1 Å². The first-order valence-corrected chi connectivity index (χ1v) is 6.66. The van der Waals surface area contributed by atoms with Crippen molar-refractivity contribution in [1.82, 2.24) is 0 Å². The van der Waals surface area contributed by atoms with Crippen LogP contribution in [0.5, 0.6) is 0 Å². The van der Waals surface area contributed by atoms with E-state index in [4.69, 9.17) is 0 Å². The molecule has 2 fully saturated rings. The smallest absolute Gasteiger partial charge is 0.170 e. The zero-order valence-corrected chi connectivity index (χ0v) is 11.2. The molecule has 2 heterocycles. The van der Waals surface area contributed by atoms with Crippen LogP contribution in [0.3, 0.4) is 0 Å². The minimum atomic E-state index is 0. The number of halogens is 1. The first-order valence-electron chi connectivity index (χ1n) is 6.66. The quantitative estimate of drug-likeness (QED) is 0.752. The van der Waals surface area contributed by atoms with Crippen LogP contribution in [0.15, 0.2) is 24.5 Å². The maximum atomic E-state index is 2.49. The molecule has 1 saturated heterocycles. The summed E-state index contributed by atoms with van der Waals surface area (Å²) in [6, 6.07) is 4.56. The second-order valence-corrected chi connectivity index (χ2v) is 5.24. The molecule has 3 rings (SSSR count). The fraction of sp³-hybridized carbons (Fsp3) is 0.643. The minimum absolute atomic E-state index is 0. The van der Waals surface area contributed by atoms with Gasteiger partial charge in [0.1, 0.15) is 0 Å². The number of aromatic nitrogens is 1. The molecule has 0 unspecified atom stereocenters. The molecule has 0 aromatic carbocycles. The second-order valence-electron chi connectivity index (χ2n) is 5.24. The number of hydrogen-bond donors (Lipinski definition) is 0. The molecule has 1 aliphatic carbocycles. The molecule has 3 heteroatoms. The summed E-state index contributed by atoms with van der Waals surface area (Å²) in [5.74, 6) is 0.947. The molecule has 1 aliphatic heterocycles. The molecular weight excluding hydrogens is 232 g/mol. The van der Waals surface area contributed by atoms with Crippen molar-refractivity contribution in [3.63, 3.8) is 0 Å². The van der Waals surface area contributed by atoms with Crippen molar-refractivity contribution in [1.29, 1.82) is 0 Å². The maximum absolute atomic E-state index is 2.49. The molecule has 2 aliphatic rings. The van der Waals surface area contributed by atoms with Gasteiger partial charge in [0.05, 0.1) is 0 Å². The molecule has 1 aromatic heterocycles. The Balaban J connectivity index is 0.00000108. The van der Waals surface area contributed by atoms with Crippen LogP contribution in [0, 0.1) is 5.92 Å². The average molecular weight is 254 g/mol. The third kappa shape index (κ3) is 2.92.